The molecule has 0 aromatic heterocycles. The number of carbonyl (C=O) groups is 7. The third-order valence-electron chi connectivity index (χ3n) is 4.48. The Balaban J connectivity index is 3.75. The zero-order valence-electron chi connectivity index (χ0n) is 21.4. The molecule has 7 unspecified atom stereocenters. The topological polar surface area (TPSA) is 193 Å². The van der Waals surface area contributed by atoms with Gasteiger partial charge in [-0.15, -0.1) is 0 Å². The molecule has 1 aliphatic rings. The summed E-state index contributed by atoms with van der Waals surface area (Å²) < 4.78 is 42.0. The van der Waals surface area contributed by atoms with Gasteiger partial charge in [-0.3, -0.25) is 33.6 Å². The summed E-state index contributed by atoms with van der Waals surface area (Å²) in [6.45, 7) is 6.50. The molecule has 0 saturated carbocycles. The lowest BCUT2D eigenvalue weighted by Crippen LogP contribution is -2.66. The van der Waals surface area contributed by atoms with Gasteiger partial charge < -0.3 is 37.9 Å². The van der Waals surface area contributed by atoms with Gasteiger partial charge in [-0.05, 0) is 0 Å². The van der Waals surface area contributed by atoms with Crippen molar-refractivity contribution in [2.75, 3.05) is 6.61 Å². The van der Waals surface area contributed by atoms with E-state index >= 15 is 0 Å². The van der Waals surface area contributed by atoms with Crippen molar-refractivity contribution >= 4 is 41.8 Å². The van der Waals surface area contributed by atoms with Crippen molar-refractivity contribution in [1.29, 1.82) is 0 Å². The molecule has 0 aromatic rings. The van der Waals surface area contributed by atoms with Crippen LogP contribution in [0, 0.1) is 0 Å². The summed E-state index contributed by atoms with van der Waals surface area (Å²) in [5.74, 6) is -6.22. The Morgan fingerprint density at radius 3 is 1.46 bits per heavy atom. The lowest BCUT2D eigenvalue weighted by atomic mass is 9.92. The summed E-state index contributed by atoms with van der Waals surface area (Å²) >= 11 is 0. The lowest BCUT2D eigenvalue weighted by Gasteiger charge is -2.46. The van der Waals surface area contributed by atoms with Gasteiger partial charge in [-0.2, -0.15) is 0 Å². The number of hydrogen-bond acceptors (Lipinski definition) is 15. The fraction of sp³-hybridized carbons (Fsp3) is 0.682. The van der Waals surface area contributed by atoms with E-state index in [4.69, 9.17) is 37.9 Å². The van der Waals surface area contributed by atoms with Gasteiger partial charge in [0, 0.05) is 48.5 Å². The van der Waals surface area contributed by atoms with E-state index in [0.29, 0.717) is 0 Å². The van der Waals surface area contributed by atoms with E-state index in [1.54, 1.807) is 0 Å². The highest BCUT2D eigenvalue weighted by molar-refractivity contribution is 5.70. The Bertz CT molecular complexity index is 879. The van der Waals surface area contributed by atoms with Crippen molar-refractivity contribution < 1.29 is 71.5 Å². The summed E-state index contributed by atoms with van der Waals surface area (Å²) in [6.07, 6.45) is -11.6. The first-order valence-electron chi connectivity index (χ1n) is 10.9. The minimum Gasteiger partial charge on any atom is -0.462 e. The zero-order chi connectivity index (χ0) is 28.4. The number of rotatable bonds is 10. The van der Waals surface area contributed by atoms with E-state index in [2.05, 4.69) is 0 Å². The molecule has 1 saturated heterocycles. The maximum atomic E-state index is 12.0. The third kappa shape index (κ3) is 10.4. The SMILES string of the molecule is CC(=O)OCC(OC(C)=O)C(OC(C)=O)C1OC(OC(C)=O)C(OC(C)=O)C(OC(C)=O)C1OC(C)=O. The van der Waals surface area contributed by atoms with Crippen molar-refractivity contribution in [1.82, 2.24) is 0 Å². The van der Waals surface area contributed by atoms with Gasteiger partial charge in [0.1, 0.15) is 12.7 Å². The quantitative estimate of drug-likeness (QED) is 0.257. The number of ether oxygens (including phenoxy) is 8. The van der Waals surface area contributed by atoms with E-state index in [1.165, 1.54) is 0 Å². The van der Waals surface area contributed by atoms with Crippen LogP contribution in [0.4, 0.5) is 0 Å². The van der Waals surface area contributed by atoms with Gasteiger partial charge >= 0.3 is 41.8 Å². The molecule has 1 fully saturated rings. The van der Waals surface area contributed by atoms with Crippen molar-refractivity contribution in [3.8, 4) is 0 Å². The van der Waals surface area contributed by atoms with Crippen LogP contribution in [0.25, 0.3) is 0 Å². The third-order valence-corrected chi connectivity index (χ3v) is 4.48. The molecule has 0 N–H and O–H groups in total. The van der Waals surface area contributed by atoms with E-state index in [9.17, 15) is 33.6 Å². The van der Waals surface area contributed by atoms with Crippen molar-refractivity contribution in [3.05, 3.63) is 0 Å². The summed E-state index contributed by atoms with van der Waals surface area (Å²) in [4.78, 5) is 82.8. The van der Waals surface area contributed by atoms with Crippen LogP contribution in [0.3, 0.4) is 0 Å². The molecule has 0 spiro atoms. The second kappa shape index (κ2) is 14.1. The van der Waals surface area contributed by atoms with Crippen molar-refractivity contribution in [3.63, 3.8) is 0 Å². The predicted octanol–water partition coefficient (Wildman–Crippen LogP) is -0.504. The van der Waals surface area contributed by atoms with Crippen LogP contribution < -0.4 is 0 Å². The second-order valence-corrected chi connectivity index (χ2v) is 7.83. The van der Waals surface area contributed by atoms with Crippen LogP contribution in [0.1, 0.15) is 48.5 Å². The monoisotopic (exact) mass is 534 g/mol. The first-order chi connectivity index (χ1) is 17.1. The molecule has 208 valence electrons. The lowest BCUT2D eigenvalue weighted by molar-refractivity contribution is -0.314. The molecule has 0 amide bonds. The van der Waals surface area contributed by atoms with Crippen LogP contribution in [-0.2, 0) is 71.5 Å². The maximum absolute atomic E-state index is 12.0. The Morgan fingerprint density at radius 1 is 0.568 bits per heavy atom. The number of carbonyl (C=O) groups excluding carboxylic acids is 7. The molecule has 0 aliphatic carbocycles. The van der Waals surface area contributed by atoms with Gasteiger partial charge in [0.15, 0.2) is 24.4 Å². The smallest absolute Gasteiger partial charge is 0.305 e. The summed E-state index contributed by atoms with van der Waals surface area (Å²) in [7, 11) is 0. The molecular formula is C22H30O15. The average Bonchev–Trinajstić information content (AvgIpc) is 2.71. The second-order valence-electron chi connectivity index (χ2n) is 7.83. The number of esters is 7. The summed E-state index contributed by atoms with van der Waals surface area (Å²) in [5.41, 5.74) is 0. The Kier molecular flexibility index (Phi) is 11.9. The van der Waals surface area contributed by atoms with E-state index < -0.39 is 91.3 Å². The number of hydrogen-bond donors (Lipinski definition) is 0. The molecule has 37 heavy (non-hydrogen) atoms. The largest absolute Gasteiger partial charge is 0.462 e. The van der Waals surface area contributed by atoms with Crippen LogP contribution in [0.2, 0.25) is 0 Å². The van der Waals surface area contributed by atoms with Gasteiger partial charge in [-0.1, -0.05) is 0 Å². The molecule has 1 heterocycles. The van der Waals surface area contributed by atoms with Crippen LogP contribution in [0.5, 0.6) is 0 Å². The fourth-order valence-corrected chi connectivity index (χ4v) is 3.48. The minimum absolute atomic E-state index is 0.636. The zero-order valence-corrected chi connectivity index (χ0v) is 21.4. The van der Waals surface area contributed by atoms with E-state index in [0.717, 1.165) is 48.5 Å². The highest BCUT2D eigenvalue weighted by atomic mass is 16.8. The fourth-order valence-electron chi connectivity index (χ4n) is 3.48. The molecule has 15 nitrogen and oxygen atoms in total. The molecule has 1 aliphatic heterocycles. The van der Waals surface area contributed by atoms with Crippen LogP contribution in [-0.4, -0.2) is 91.3 Å². The molecule has 0 aromatic carbocycles. The van der Waals surface area contributed by atoms with Crippen molar-refractivity contribution in [2.45, 2.75) is 91.4 Å². The maximum Gasteiger partial charge on any atom is 0.305 e. The first-order valence-corrected chi connectivity index (χ1v) is 10.9. The molecule has 15 heteroatoms. The summed E-state index contributed by atoms with van der Waals surface area (Å²) in [5, 5.41) is 0. The molecule has 7 atom stereocenters. The minimum atomic E-state index is -1.77. The average molecular weight is 534 g/mol. The van der Waals surface area contributed by atoms with E-state index in [-0.39, 0.29) is 0 Å². The van der Waals surface area contributed by atoms with Gasteiger partial charge in [-0.25, -0.2) is 0 Å². The molecule has 0 bridgehead atoms. The molecule has 0 radical (unpaired) electrons. The van der Waals surface area contributed by atoms with Crippen LogP contribution >= 0.6 is 0 Å². The van der Waals surface area contributed by atoms with Gasteiger partial charge in [0.05, 0.1) is 0 Å². The van der Waals surface area contributed by atoms with Gasteiger partial charge in [0.2, 0.25) is 12.4 Å². The predicted molar refractivity (Wildman–Crippen MR) is 115 cm³/mol. The standard InChI is InChI=1S/C22H30O15/c1-9(23)30-8-16(31-10(2)24)17(32-11(3)25)18-19(33-12(4)26)20(34-13(5)27)21(35-14(6)28)22(37-18)36-15(7)29/h16-22H,8H2,1-7H3. The Labute approximate surface area is 211 Å². The normalized spacial score (nSPS) is 24.4. The van der Waals surface area contributed by atoms with Gasteiger partial charge in [0.25, 0.3) is 0 Å². The van der Waals surface area contributed by atoms with Crippen molar-refractivity contribution in [2.24, 2.45) is 0 Å². The highest BCUT2D eigenvalue weighted by Gasteiger charge is 2.57. The highest BCUT2D eigenvalue weighted by Crippen LogP contribution is 2.33. The first kappa shape index (κ1) is 31.3. The Hall–Kier alpha value is -3.75. The molecular weight excluding hydrogens is 504 g/mol. The van der Waals surface area contributed by atoms with E-state index in [1.807, 2.05) is 0 Å². The molecule has 1 rings (SSSR count). The Morgan fingerprint density at radius 2 is 1.03 bits per heavy atom. The van der Waals surface area contributed by atoms with Crippen LogP contribution in [0.15, 0.2) is 0 Å². The summed E-state index contributed by atoms with van der Waals surface area (Å²) in [6, 6.07) is 0.